The molecule has 1 rings (SSSR count). The number of amides is 2. The summed E-state index contributed by atoms with van der Waals surface area (Å²) >= 11 is 0. The molecular formula is C17H33N3O3. The molecule has 0 aromatic heterocycles. The van der Waals surface area contributed by atoms with E-state index < -0.39 is 5.60 Å². The van der Waals surface area contributed by atoms with Crippen molar-refractivity contribution < 1.29 is 14.3 Å². The predicted octanol–water partition coefficient (Wildman–Crippen LogP) is 2.09. The van der Waals surface area contributed by atoms with Gasteiger partial charge in [-0.2, -0.15) is 0 Å². The average Bonchev–Trinajstić information content (AvgIpc) is 2.83. The number of ether oxygens (including phenoxy) is 1. The molecule has 0 saturated carbocycles. The first kappa shape index (κ1) is 19.7. The van der Waals surface area contributed by atoms with E-state index in [9.17, 15) is 9.59 Å². The molecule has 1 fully saturated rings. The molecule has 2 unspecified atom stereocenters. The first-order valence-corrected chi connectivity index (χ1v) is 8.44. The van der Waals surface area contributed by atoms with Crippen molar-refractivity contribution in [3.63, 3.8) is 0 Å². The summed E-state index contributed by atoms with van der Waals surface area (Å²) in [6, 6.07) is -0.0660. The van der Waals surface area contributed by atoms with Gasteiger partial charge in [-0.3, -0.25) is 4.79 Å². The van der Waals surface area contributed by atoms with Gasteiger partial charge in [-0.05, 0) is 39.5 Å². The summed E-state index contributed by atoms with van der Waals surface area (Å²) in [6.45, 7) is 11.1. The maximum absolute atomic E-state index is 12.3. The molecule has 23 heavy (non-hydrogen) atoms. The molecule has 0 aromatic carbocycles. The van der Waals surface area contributed by atoms with Crippen LogP contribution in [0.25, 0.3) is 0 Å². The number of carbonyl (C=O) groups excluding carboxylic acids is 2. The van der Waals surface area contributed by atoms with Gasteiger partial charge in [0.1, 0.15) is 5.60 Å². The fourth-order valence-corrected chi connectivity index (χ4v) is 2.70. The normalized spacial score (nSPS) is 19.8. The van der Waals surface area contributed by atoms with Gasteiger partial charge in [0.05, 0.1) is 6.04 Å². The Morgan fingerprint density at radius 3 is 2.39 bits per heavy atom. The zero-order chi connectivity index (χ0) is 17.8. The number of likely N-dealkylation sites (tertiary alicyclic amines) is 1. The number of rotatable bonds is 5. The van der Waals surface area contributed by atoms with E-state index in [4.69, 9.17) is 4.74 Å². The average molecular weight is 327 g/mol. The van der Waals surface area contributed by atoms with Gasteiger partial charge in [0, 0.05) is 33.2 Å². The number of nitrogens with zero attached hydrogens (tertiary/aromatic N) is 2. The quantitative estimate of drug-likeness (QED) is 0.840. The van der Waals surface area contributed by atoms with Gasteiger partial charge in [-0.25, -0.2) is 4.79 Å². The second kappa shape index (κ2) is 7.99. The smallest absolute Gasteiger partial charge is 0.410 e. The topological polar surface area (TPSA) is 61.9 Å². The maximum atomic E-state index is 12.3. The predicted molar refractivity (Wildman–Crippen MR) is 91.3 cm³/mol. The second-order valence-electron chi connectivity index (χ2n) is 7.99. The highest BCUT2D eigenvalue weighted by atomic mass is 16.6. The Bertz CT molecular complexity index is 416. The lowest BCUT2D eigenvalue weighted by Crippen LogP contribution is -2.49. The van der Waals surface area contributed by atoms with E-state index in [1.807, 2.05) is 20.8 Å². The first-order valence-electron chi connectivity index (χ1n) is 8.44. The summed E-state index contributed by atoms with van der Waals surface area (Å²) in [7, 11) is 3.55. The Morgan fingerprint density at radius 2 is 1.91 bits per heavy atom. The van der Waals surface area contributed by atoms with Crippen molar-refractivity contribution in [1.82, 2.24) is 15.1 Å². The SMILES string of the molecule is CC(C)CC(NC1CCN(C(=O)OC(C)(C)C)C1)C(=O)N(C)C. The van der Waals surface area contributed by atoms with Crippen LogP contribution in [0.15, 0.2) is 0 Å². The van der Waals surface area contributed by atoms with E-state index in [-0.39, 0.29) is 24.1 Å². The summed E-state index contributed by atoms with van der Waals surface area (Å²) in [4.78, 5) is 27.8. The van der Waals surface area contributed by atoms with Crippen molar-refractivity contribution >= 4 is 12.0 Å². The molecule has 2 atom stereocenters. The molecule has 0 aliphatic carbocycles. The Hall–Kier alpha value is -1.30. The lowest BCUT2D eigenvalue weighted by molar-refractivity contribution is -0.131. The Kier molecular flexibility index (Phi) is 6.86. The Balaban J connectivity index is 2.59. The maximum Gasteiger partial charge on any atom is 0.410 e. The van der Waals surface area contributed by atoms with Crippen LogP contribution in [-0.4, -0.2) is 66.7 Å². The summed E-state index contributed by atoms with van der Waals surface area (Å²) < 4.78 is 5.41. The minimum Gasteiger partial charge on any atom is -0.444 e. The molecule has 0 spiro atoms. The third kappa shape index (κ3) is 6.77. The molecule has 1 N–H and O–H groups in total. The van der Waals surface area contributed by atoms with Crippen LogP contribution in [0, 0.1) is 5.92 Å². The summed E-state index contributed by atoms with van der Waals surface area (Å²) in [5.74, 6) is 0.522. The first-order chi connectivity index (χ1) is 10.5. The third-order valence-electron chi connectivity index (χ3n) is 3.72. The highest BCUT2D eigenvalue weighted by Gasteiger charge is 2.32. The molecule has 1 aliphatic rings. The lowest BCUT2D eigenvalue weighted by Gasteiger charge is -2.27. The van der Waals surface area contributed by atoms with Crippen molar-refractivity contribution in [2.45, 2.75) is 65.1 Å². The van der Waals surface area contributed by atoms with Crippen LogP contribution in [0.4, 0.5) is 4.79 Å². The molecule has 1 saturated heterocycles. The van der Waals surface area contributed by atoms with Crippen LogP contribution in [0.1, 0.15) is 47.5 Å². The van der Waals surface area contributed by atoms with Gasteiger partial charge in [0.15, 0.2) is 0 Å². The Morgan fingerprint density at radius 1 is 1.30 bits per heavy atom. The van der Waals surface area contributed by atoms with Gasteiger partial charge in [-0.1, -0.05) is 13.8 Å². The molecule has 1 heterocycles. The molecule has 1 aliphatic heterocycles. The van der Waals surface area contributed by atoms with E-state index in [1.165, 1.54) is 0 Å². The van der Waals surface area contributed by atoms with Gasteiger partial charge < -0.3 is 19.9 Å². The van der Waals surface area contributed by atoms with Crippen molar-refractivity contribution in [2.24, 2.45) is 5.92 Å². The van der Waals surface area contributed by atoms with Gasteiger partial charge in [0.2, 0.25) is 5.91 Å². The van der Waals surface area contributed by atoms with Gasteiger partial charge in [0.25, 0.3) is 0 Å². The summed E-state index contributed by atoms with van der Waals surface area (Å²) in [6.07, 6.45) is 1.36. The van der Waals surface area contributed by atoms with Crippen LogP contribution in [0.2, 0.25) is 0 Å². The van der Waals surface area contributed by atoms with E-state index in [1.54, 1.807) is 23.9 Å². The molecule has 134 valence electrons. The third-order valence-corrected chi connectivity index (χ3v) is 3.72. The minimum absolute atomic E-state index is 0.0921. The number of hydrogen-bond acceptors (Lipinski definition) is 4. The lowest BCUT2D eigenvalue weighted by atomic mass is 10.0. The van der Waals surface area contributed by atoms with Crippen molar-refractivity contribution in [1.29, 1.82) is 0 Å². The fraction of sp³-hybridized carbons (Fsp3) is 0.882. The molecule has 6 nitrogen and oxygen atoms in total. The van der Waals surface area contributed by atoms with E-state index in [2.05, 4.69) is 19.2 Å². The molecule has 6 heteroatoms. The summed E-state index contributed by atoms with van der Waals surface area (Å²) in [5.41, 5.74) is -0.482. The van der Waals surface area contributed by atoms with Crippen molar-refractivity contribution in [2.75, 3.05) is 27.2 Å². The van der Waals surface area contributed by atoms with Crippen molar-refractivity contribution in [3.05, 3.63) is 0 Å². The number of hydrogen-bond donors (Lipinski definition) is 1. The number of nitrogens with one attached hydrogen (secondary N) is 1. The number of carbonyl (C=O) groups is 2. The zero-order valence-electron chi connectivity index (χ0n) is 15.7. The molecule has 0 bridgehead atoms. The number of likely N-dealkylation sites (N-methyl/N-ethyl adjacent to an activating group) is 1. The van der Waals surface area contributed by atoms with Crippen molar-refractivity contribution in [3.8, 4) is 0 Å². The standard InChI is InChI=1S/C17H33N3O3/c1-12(2)10-14(15(21)19(6)7)18-13-8-9-20(11-13)16(22)23-17(3,4)5/h12-14,18H,8-11H2,1-7H3. The van der Waals surface area contributed by atoms with E-state index in [0.717, 1.165) is 12.8 Å². The monoisotopic (exact) mass is 327 g/mol. The van der Waals surface area contributed by atoms with Crippen LogP contribution >= 0.6 is 0 Å². The van der Waals surface area contributed by atoms with Crippen LogP contribution in [-0.2, 0) is 9.53 Å². The van der Waals surface area contributed by atoms with Crippen LogP contribution in [0.5, 0.6) is 0 Å². The molecule has 0 aromatic rings. The Labute approximate surface area is 140 Å². The van der Waals surface area contributed by atoms with Gasteiger partial charge >= 0.3 is 6.09 Å². The largest absolute Gasteiger partial charge is 0.444 e. The second-order valence-corrected chi connectivity index (χ2v) is 7.99. The highest BCUT2D eigenvalue weighted by Crippen LogP contribution is 2.17. The zero-order valence-corrected chi connectivity index (χ0v) is 15.7. The van der Waals surface area contributed by atoms with Gasteiger partial charge in [-0.15, -0.1) is 0 Å². The molecular weight excluding hydrogens is 294 g/mol. The fourth-order valence-electron chi connectivity index (χ4n) is 2.70. The molecule has 0 radical (unpaired) electrons. The van der Waals surface area contributed by atoms with E-state index in [0.29, 0.717) is 19.0 Å². The highest BCUT2D eigenvalue weighted by molar-refractivity contribution is 5.81. The summed E-state index contributed by atoms with van der Waals surface area (Å²) in [5, 5.41) is 3.44. The minimum atomic E-state index is -0.482. The van der Waals surface area contributed by atoms with Crippen LogP contribution in [0.3, 0.4) is 0 Å². The molecule has 2 amide bonds. The van der Waals surface area contributed by atoms with E-state index >= 15 is 0 Å². The van der Waals surface area contributed by atoms with Crippen LogP contribution < -0.4 is 5.32 Å².